The first-order valence-electron chi connectivity index (χ1n) is 5.76. The molecule has 3 heterocycles. The van der Waals surface area contributed by atoms with Crippen LogP contribution in [-0.4, -0.2) is 21.4 Å². The second-order valence-corrected chi connectivity index (χ2v) is 5.93. The Morgan fingerprint density at radius 2 is 2.33 bits per heavy atom. The van der Waals surface area contributed by atoms with E-state index >= 15 is 0 Å². The molecule has 0 amide bonds. The van der Waals surface area contributed by atoms with Crippen LogP contribution in [0.15, 0.2) is 23.3 Å². The van der Waals surface area contributed by atoms with Crippen LogP contribution in [0.4, 0.5) is 0 Å². The predicted molar refractivity (Wildman–Crippen MR) is 75.4 cm³/mol. The molecule has 1 atom stereocenters. The summed E-state index contributed by atoms with van der Waals surface area (Å²) in [5.41, 5.74) is 4.13. The summed E-state index contributed by atoms with van der Waals surface area (Å²) in [5, 5.41) is 5.41. The standard InChI is InChI=1S/C12H14N4S2/c1-8-11(18-7-14-8)10(13-2)5-9-6-16-3-4-17-12(16)15-9/h3-4,6-7,10,13H,5H2,1-2H3. The van der Waals surface area contributed by atoms with Crippen LogP contribution >= 0.6 is 22.7 Å². The molecule has 6 heteroatoms. The summed E-state index contributed by atoms with van der Waals surface area (Å²) in [6.45, 7) is 2.06. The summed E-state index contributed by atoms with van der Waals surface area (Å²) in [4.78, 5) is 11.3. The molecule has 3 aromatic heterocycles. The summed E-state index contributed by atoms with van der Waals surface area (Å²) < 4.78 is 2.08. The second kappa shape index (κ2) is 4.79. The monoisotopic (exact) mass is 278 g/mol. The molecule has 3 rings (SSSR count). The molecule has 0 aliphatic heterocycles. The molecule has 4 nitrogen and oxygen atoms in total. The van der Waals surface area contributed by atoms with Crippen molar-refractivity contribution >= 4 is 27.6 Å². The van der Waals surface area contributed by atoms with Gasteiger partial charge in [-0.15, -0.1) is 22.7 Å². The number of likely N-dealkylation sites (N-methyl/N-ethyl adjacent to an activating group) is 1. The highest BCUT2D eigenvalue weighted by Crippen LogP contribution is 2.25. The number of thiazole rings is 2. The van der Waals surface area contributed by atoms with E-state index in [1.165, 1.54) is 4.88 Å². The average molecular weight is 278 g/mol. The fourth-order valence-corrected chi connectivity index (χ4v) is 3.69. The van der Waals surface area contributed by atoms with Gasteiger partial charge in [-0.2, -0.15) is 0 Å². The Kier molecular flexibility index (Phi) is 3.15. The third-order valence-electron chi connectivity index (χ3n) is 3.00. The predicted octanol–water partition coefficient (Wildman–Crippen LogP) is 2.66. The Morgan fingerprint density at radius 1 is 1.44 bits per heavy atom. The number of aromatic nitrogens is 3. The van der Waals surface area contributed by atoms with Crippen LogP contribution in [0.5, 0.6) is 0 Å². The molecule has 0 aromatic carbocycles. The topological polar surface area (TPSA) is 42.2 Å². The summed E-state index contributed by atoms with van der Waals surface area (Å²) in [7, 11) is 1.99. The van der Waals surface area contributed by atoms with Crippen molar-refractivity contribution in [2.45, 2.75) is 19.4 Å². The maximum Gasteiger partial charge on any atom is 0.193 e. The van der Waals surface area contributed by atoms with Gasteiger partial charge in [-0.25, -0.2) is 9.97 Å². The van der Waals surface area contributed by atoms with Gasteiger partial charge in [-0.05, 0) is 14.0 Å². The molecule has 0 aliphatic rings. The number of nitrogens with zero attached hydrogens (tertiary/aromatic N) is 3. The molecule has 18 heavy (non-hydrogen) atoms. The molecule has 1 N–H and O–H groups in total. The lowest BCUT2D eigenvalue weighted by atomic mass is 10.1. The van der Waals surface area contributed by atoms with E-state index in [-0.39, 0.29) is 0 Å². The summed E-state index contributed by atoms with van der Waals surface area (Å²) in [6, 6.07) is 0.294. The third-order valence-corrected chi connectivity index (χ3v) is 4.82. The molecule has 0 saturated heterocycles. The fourth-order valence-electron chi connectivity index (χ4n) is 2.05. The van der Waals surface area contributed by atoms with E-state index in [0.717, 1.165) is 22.8 Å². The smallest absolute Gasteiger partial charge is 0.193 e. The number of imidazole rings is 1. The highest BCUT2D eigenvalue weighted by atomic mass is 32.1. The Labute approximate surface area is 113 Å². The van der Waals surface area contributed by atoms with Crippen LogP contribution in [0.1, 0.15) is 22.3 Å². The van der Waals surface area contributed by atoms with Gasteiger partial charge in [0.15, 0.2) is 4.96 Å². The molecular weight excluding hydrogens is 264 g/mol. The molecular formula is C12H14N4S2. The minimum absolute atomic E-state index is 0.294. The van der Waals surface area contributed by atoms with Crippen LogP contribution in [0, 0.1) is 6.92 Å². The second-order valence-electron chi connectivity index (χ2n) is 4.17. The van der Waals surface area contributed by atoms with Gasteiger partial charge in [0.25, 0.3) is 0 Å². The SMILES string of the molecule is CNC(Cc1cn2ccsc2n1)c1scnc1C. The lowest BCUT2D eigenvalue weighted by Crippen LogP contribution is -2.18. The number of fused-ring (bicyclic) bond motifs is 1. The van der Waals surface area contributed by atoms with Crippen molar-refractivity contribution < 1.29 is 0 Å². The average Bonchev–Trinajstić information content (AvgIpc) is 3.01. The van der Waals surface area contributed by atoms with Crippen LogP contribution in [-0.2, 0) is 6.42 Å². The Bertz CT molecular complexity index is 623. The molecule has 0 saturated carbocycles. The molecule has 0 radical (unpaired) electrons. The van der Waals surface area contributed by atoms with E-state index in [4.69, 9.17) is 0 Å². The minimum Gasteiger partial charge on any atom is -0.312 e. The fraction of sp³-hybridized carbons (Fsp3) is 0.333. The van der Waals surface area contributed by atoms with E-state index in [0.29, 0.717) is 6.04 Å². The van der Waals surface area contributed by atoms with Gasteiger partial charge in [0.2, 0.25) is 0 Å². The first-order chi connectivity index (χ1) is 8.78. The largest absolute Gasteiger partial charge is 0.312 e. The van der Waals surface area contributed by atoms with E-state index in [1.807, 2.05) is 18.8 Å². The zero-order valence-corrected chi connectivity index (χ0v) is 11.9. The van der Waals surface area contributed by atoms with Gasteiger partial charge in [0.05, 0.1) is 16.9 Å². The van der Waals surface area contributed by atoms with Gasteiger partial charge in [0.1, 0.15) is 0 Å². The number of rotatable bonds is 4. The quantitative estimate of drug-likeness (QED) is 0.798. The van der Waals surface area contributed by atoms with Crippen LogP contribution in [0.25, 0.3) is 4.96 Å². The van der Waals surface area contributed by atoms with Crippen LogP contribution in [0.2, 0.25) is 0 Å². The summed E-state index contributed by atoms with van der Waals surface area (Å²) in [5.74, 6) is 0. The van der Waals surface area contributed by atoms with Gasteiger partial charge < -0.3 is 5.32 Å². The van der Waals surface area contributed by atoms with Crippen molar-refractivity contribution in [3.05, 3.63) is 39.5 Å². The normalized spacial score (nSPS) is 13.2. The van der Waals surface area contributed by atoms with Crippen molar-refractivity contribution in [2.24, 2.45) is 0 Å². The third kappa shape index (κ3) is 2.07. The molecule has 94 valence electrons. The van der Waals surface area contributed by atoms with Gasteiger partial charge in [-0.1, -0.05) is 0 Å². The zero-order valence-electron chi connectivity index (χ0n) is 10.3. The van der Waals surface area contributed by atoms with Crippen LogP contribution < -0.4 is 5.32 Å². The molecule has 0 bridgehead atoms. The number of aryl methyl sites for hydroxylation is 1. The number of hydrogen-bond acceptors (Lipinski definition) is 5. The van der Waals surface area contributed by atoms with E-state index in [1.54, 1.807) is 22.7 Å². The van der Waals surface area contributed by atoms with Gasteiger partial charge in [0, 0.05) is 35.1 Å². The Balaban J connectivity index is 1.86. The van der Waals surface area contributed by atoms with Crippen molar-refractivity contribution in [1.29, 1.82) is 0 Å². The molecule has 0 spiro atoms. The van der Waals surface area contributed by atoms with Gasteiger partial charge in [-0.3, -0.25) is 4.40 Å². The first-order valence-corrected chi connectivity index (χ1v) is 7.52. The van der Waals surface area contributed by atoms with Crippen LogP contribution in [0.3, 0.4) is 0 Å². The lowest BCUT2D eigenvalue weighted by molar-refractivity contribution is 0.591. The molecule has 3 aromatic rings. The highest BCUT2D eigenvalue weighted by molar-refractivity contribution is 7.15. The summed E-state index contributed by atoms with van der Waals surface area (Å²) >= 11 is 3.37. The first kappa shape index (κ1) is 11.8. The van der Waals surface area contributed by atoms with E-state index < -0.39 is 0 Å². The Morgan fingerprint density at radius 3 is 3.00 bits per heavy atom. The zero-order chi connectivity index (χ0) is 12.5. The highest BCUT2D eigenvalue weighted by Gasteiger charge is 2.16. The van der Waals surface area contributed by atoms with Crippen molar-refractivity contribution in [3.63, 3.8) is 0 Å². The van der Waals surface area contributed by atoms with Gasteiger partial charge >= 0.3 is 0 Å². The van der Waals surface area contributed by atoms with Crippen molar-refractivity contribution in [1.82, 2.24) is 19.7 Å². The molecule has 1 unspecified atom stereocenters. The Hall–Kier alpha value is -1.24. The lowest BCUT2D eigenvalue weighted by Gasteiger charge is -2.13. The maximum atomic E-state index is 4.63. The van der Waals surface area contributed by atoms with E-state index in [2.05, 4.69) is 38.2 Å². The number of hydrogen-bond donors (Lipinski definition) is 1. The summed E-state index contributed by atoms with van der Waals surface area (Å²) in [6.07, 6.45) is 5.04. The minimum atomic E-state index is 0.294. The number of nitrogens with one attached hydrogen (secondary N) is 1. The molecule has 0 aliphatic carbocycles. The maximum absolute atomic E-state index is 4.63. The van der Waals surface area contributed by atoms with Crippen molar-refractivity contribution in [3.8, 4) is 0 Å². The molecule has 0 fully saturated rings. The van der Waals surface area contributed by atoms with Crippen molar-refractivity contribution in [2.75, 3.05) is 7.05 Å². The van der Waals surface area contributed by atoms with E-state index in [9.17, 15) is 0 Å².